The molecule has 0 radical (unpaired) electrons. The Bertz CT molecular complexity index is 312. The van der Waals surface area contributed by atoms with Crippen molar-refractivity contribution in [1.29, 1.82) is 0 Å². The Morgan fingerprint density at radius 1 is 1.54 bits per heavy atom. The van der Waals surface area contributed by atoms with Crippen LogP contribution in [0.5, 0.6) is 11.5 Å². The maximum atomic E-state index is 5.93. The van der Waals surface area contributed by atoms with Gasteiger partial charge in [0.25, 0.3) is 0 Å². The monoisotopic (exact) mass is 179 g/mol. The average molecular weight is 179 g/mol. The van der Waals surface area contributed by atoms with Gasteiger partial charge in [-0.05, 0) is 6.07 Å². The Labute approximate surface area is 77.5 Å². The zero-order valence-electron chi connectivity index (χ0n) is 7.62. The van der Waals surface area contributed by atoms with E-state index < -0.39 is 0 Å². The maximum absolute atomic E-state index is 5.93. The fourth-order valence-corrected chi connectivity index (χ4v) is 1.58. The Hall–Kier alpha value is -1.22. The molecule has 1 aliphatic heterocycles. The third-order valence-electron chi connectivity index (χ3n) is 2.30. The first-order chi connectivity index (χ1) is 6.33. The Morgan fingerprint density at radius 2 is 2.38 bits per heavy atom. The largest absolute Gasteiger partial charge is 0.493 e. The van der Waals surface area contributed by atoms with Gasteiger partial charge in [-0.25, -0.2) is 0 Å². The van der Waals surface area contributed by atoms with Crippen molar-refractivity contribution in [3.05, 3.63) is 23.8 Å². The van der Waals surface area contributed by atoms with Crippen molar-refractivity contribution >= 4 is 0 Å². The minimum atomic E-state index is 0.0823. The van der Waals surface area contributed by atoms with Gasteiger partial charge in [0.1, 0.15) is 0 Å². The van der Waals surface area contributed by atoms with Crippen LogP contribution < -0.4 is 15.2 Å². The number of rotatable bonds is 1. The molecule has 1 aromatic rings. The van der Waals surface area contributed by atoms with Crippen molar-refractivity contribution < 1.29 is 9.47 Å². The van der Waals surface area contributed by atoms with E-state index in [0.29, 0.717) is 6.61 Å². The third-order valence-corrected chi connectivity index (χ3v) is 2.30. The van der Waals surface area contributed by atoms with Crippen LogP contribution in [0.1, 0.15) is 18.0 Å². The van der Waals surface area contributed by atoms with Crippen LogP contribution in [0.4, 0.5) is 0 Å². The van der Waals surface area contributed by atoms with Gasteiger partial charge in [-0.1, -0.05) is 12.1 Å². The molecule has 3 nitrogen and oxygen atoms in total. The van der Waals surface area contributed by atoms with Gasteiger partial charge in [0, 0.05) is 18.0 Å². The number of para-hydroxylation sites is 1. The number of ether oxygens (including phenoxy) is 2. The number of benzene rings is 1. The number of hydrogen-bond acceptors (Lipinski definition) is 3. The summed E-state index contributed by atoms with van der Waals surface area (Å²) in [6.45, 7) is 0.675. The summed E-state index contributed by atoms with van der Waals surface area (Å²) in [5.41, 5.74) is 6.98. The summed E-state index contributed by atoms with van der Waals surface area (Å²) in [4.78, 5) is 0. The van der Waals surface area contributed by atoms with Gasteiger partial charge in [0.15, 0.2) is 11.5 Å². The fraction of sp³-hybridized carbons (Fsp3) is 0.400. The zero-order chi connectivity index (χ0) is 9.26. The van der Waals surface area contributed by atoms with Crippen LogP contribution in [0.25, 0.3) is 0 Å². The molecule has 0 amide bonds. The van der Waals surface area contributed by atoms with Gasteiger partial charge < -0.3 is 15.2 Å². The highest BCUT2D eigenvalue weighted by atomic mass is 16.5. The van der Waals surface area contributed by atoms with E-state index in [2.05, 4.69) is 0 Å². The number of fused-ring (bicyclic) bond motifs is 1. The summed E-state index contributed by atoms with van der Waals surface area (Å²) in [6.07, 6.45) is 0.875. The smallest absolute Gasteiger partial charge is 0.165 e. The first-order valence-electron chi connectivity index (χ1n) is 4.38. The first kappa shape index (κ1) is 8.38. The van der Waals surface area contributed by atoms with E-state index in [0.717, 1.165) is 23.5 Å². The van der Waals surface area contributed by atoms with Crippen molar-refractivity contribution in [3.8, 4) is 11.5 Å². The molecule has 13 heavy (non-hydrogen) atoms. The predicted molar refractivity (Wildman–Crippen MR) is 50.0 cm³/mol. The molecule has 0 bridgehead atoms. The Kier molecular flexibility index (Phi) is 2.10. The van der Waals surface area contributed by atoms with E-state index in [1.165, 1.54) is 0 Å². The molecule has 1 heterocycles. The van der Waals surface area contributed by atoms with Gasteiger partial charge in [-0.3, -0.25) is 0 Å². The molecule has 70 valence electrons. The lowest BCUT2D eigenvalue weighted by Crippen LogP contribution is -2.20. The van der Waals surface area contributed by atoms with E-state index in [-0.39, 0.29) is 6.04 Å². The standard InChI is InChI=1S/C10H13NO2/c1-12-9-4-2-3-7-8(11)5-6-13-10(7)9/h2-4,8H,5-6,11H2,1H3/t8-/m0/s1. The zero-order valence-corrected chi connectivity index (χ0v) is 7.62. The highest BCUT2D eigenvalue weighted by molar-refractivity contribution is 5.48. The molecule has 0 unspecified atom stereocenters. The van der Waals surface area contributed by atoms with Gasteiger partial charge in [0.2, 0.25) is 0 Å². The molecule has 0 spiro atoms. The molecule has 2 N–H and O–H groups in total. The highest BCUT2D eigenvalue weighted by Crippen LogP contribution is 2.37. The highest BCUT2D eigenvalue weighted by Gasteiger charge is 2.20. The molecular weight excluding hydrogens is 166 g/mol. The third kappa shape index (κ3) is 1.35. The van der Waals surface area contributed by atoms with Crippen LogP contribution >= 0.6 is 0 Å². The summed E-state index contributed by atoms with van der Waals surface area (Å²) >= 11 is 0. The SMILES string of the molecule is COc1cccc2c1OCC[C@@H]2N. The molecule has 2 rings (SSSR count). The van der Waals surface area contributed by atoms with Crippen molar-refractivity contribution in [2.75, 3.05) is 13.7 Å². The fourth-order valence-electron chi connectivity index (χ4n) is 1.58. The number of methoxy groups -OCH3 is 1. The van der Waals surface area contributed by atoms with Crippen LogP contribution in [0.15, 0.2) is 18.2 Å². The van der Waals surface area contributed by atoms with Gasteiger partial charge >= 0.3 is 0 Å². The van der Waals surface area contributed by atoms with Crippen LogP contribution in [-0.2, 0) is 0 Å². The second-order valence-corrected chi connectivity index (χ2v) is 3.12. The average Bonchev–Trinajstić information content (AvgIpc) is 2.18. The lowest BCUT2D eigenvalue weighted by molar-refractivity contribution is 0.253. The molecule has 0 saturated heterocycles. The predicted octanol–water partition coefficient (Wildman–Crippen LogP) is 1.48. The van der Waals surface area contributed by atoms with Crippen LogP contribution in [-0.4, -0.2) is 13.7 Å². The minimum absolute atomic E-state index is 0.0823. The van der Waals surface area contributed by atoms with E-state index in [1.54, 1.807) is 7.11 Å². The van der Waals surface area contributed by atoms with Crippen molar-refractivity contribution in [1.82, 2.24) is 0 Å². The molecule has 0 aliphatic carbocycles. The second kappa shape index (κ2) is 3.26. The van der Waals surface area contributed by atoms with Crippen molar-refractivity contribution in [2.24, 2.45) is 5.73 Å². The normalized spacial score (nSPS) is 20.3. The molecule has 0 saturated carbocycles. The number of hydrogen-bond donors (Lipinski definition) is 1. The second-order valence-electron chi connectivity index (χ2n) is 3.12. The van der Waals surface area contributed by atoms with Crippen molar-refractivity contribution in [3.63, 3.8) is 0 Å². The lowest BCUT2D eigenvalue weighted by Gasteiger charge is -2.24. The Balaban J connectivity index is 2.48. The first-order valence-corrected chi connectivity index (χ1v) is 4.38. The molecule has 1 aliphatic rings. The van der Waals surface area contributed by atoms with Crippen molar-refractivity contribution in [2.45, 2.75) is 12.5 Å². The minimum Gasteiger partial charge on any atom is -0.493 e. The lowest BCUT2D eigenvalue weighted by atomic mass is 10.0. The Morgan fingerprint density at radius 3 is 3.15 bits per heavy atom. The van der Waals surface area contributed by atoms with E-state index in [4.69, 9.17) is 15.2 Å². The molecule has 3 heteroatoms. The maximum Gasteiger partial charge on any atom is 0.165 e. The molecular formula is C10H13NO2. The molecule has 0 fully saturated rings. The van der Waals surface area contributed by atoms with Gasteiger partial charge in [0.05, 0.1) is 13.7 Å². The summed E-state index contributed by atoms with van der Waals surface area (Å²) in [5, 5.41) is 0. The van der Waals surface area contributed by atoms with Gasteiger partial charge in [-0.2, -0.15) is 0 Å². The molecule has 1 atom stereocenters. The number of nitrogens with two attached hydrogens (primary N) is 1. The van der Waals surface area contributed by atoms with Crippen LogP contribution in [0.3, 0.4) is 0 Å². The molecule has 1 aromatic carbocycles. The van der Waals surface area contributed by atoms with E-state index in [1.807, 2.05) is 18.2 Å². The van der Waals surface area contributed by atoms with Crippen LogP contribution in [0.2, 0.25) is 0 Å². The topological polar surface area (TPSA) is 44.5 Å². The quantitative estimate of drug-likeness (QED) is 0.710. The van der Waals surface area contributed by atoms with Gasteiger partial charge in [-0.15, -0.1) is 0 Å². The summed E-state index contributed by atoms with van der Waals surface area (Å²) in [5.74, 6) is 1.58. The molecule has 0 aromatic heterocycles. The van der Waals surface area contributed by atoms with E-state index in [9.17, 15) is 0 Å². The summed E-state index contributed by atoms with van der Waals surface area (Å²) in [6, 6.07) is 5.89. The van der Waals surface area contributed by atoms with E-state index >= 15 is 0 Å². The summed E-state index contributed by atoms with van der Waals surface area (Å²) < 4.78 is 10.7. The summed E-state index contributed by atoms with van der Waals surface area (Å²) in [7, 11) is 1.64. The van der Waals surface area contributed by atoms with Crippen LogP contribution in [0, 0.1) is 0 Å².